The molecule has 0 saturated carbocycles. The fraction of sp³-hybridized carbons (Fsp3) is 0.250. The van der Waals surface area contributed by atoms with E-state index in [0.29, 0.717) is 16.5 Å². The number of nitrogens with zero attached hydrogens (tertiary/aromatic N) is 2. The number of carbonyl (C=O) groups excluding carboxylic acids is 1. The Hall–Kier alpha value is -2.87. The number of amides is 1. The number of hydrogen-bond acceptors (Lipinski definition) is 5. The number of aromatic nitrogens is 1. The van der Waals surface area contributed by atoms with Crippen LogP contribution in [0.3, 0.4) is 0 Å². The minimum Gasteiger partial charge on any atom is -0.495 e. The van der Waals surface area contributed by atoms with Crippen LogP contribution in [-0.4, -0.2) is 22.5 Å². The van der Waals surface area contributed by atoms with Crippen LogP contribution in [0.25, 0.3) is 0 Å². The number of benzene rings is 1. The average molecular weight is 366 g/mol. The lowest BCUT2D eigenvalue weighted by molar-refractivity contribution is -0.386. The van der Waals surface area contributed by atoms with Crippen molar-refractivity contribution in [1.29, 1.82) is 0 Å². The average Bonchev–Trinajstić information content (AvgIpc) is 2.54. The number of rotatable bonds is 5. The minimum atomic E-state index is -0.602. The Morgan fingerprint density at radius 3 is 2.64 bits per heavy atom. The molecule has 0 radical (unpaired) electrons. The minimum absolute atomic E-state index is 0.104. The number of methoxy groups -OCH3 is 1. The number of aryl methyl sites for hydroxylation is 1. The van der Waals surface area contributed by atoms with Crippen molar-refractivity contribution in [1.82, 2.24) is 4.57 Å². The molecule has 8 nitrogen and oxygen atoms in total. The zero-order valence-electron chi connectivity index (χ0n) is 13.8. The van der Waals surface area contributed by atoms with E-state index in [-0.39, 0.29) is 17.9 Å². The zero-order chi connectivity index (χ0) is 18.7. The zero-order valence-corrected chi connectivity index (χ0v) is 14.6. The molecule has 0 bridgehead atoms. The molecular formula is C16H16ClN3O5. The Bertz CT molecular complexity index is 907. The van der Waals surface area contributed by atoms with Crippen molar-refractivity contribution in [2.45, 2.75) is 20.4 Å². The highest BCUT2D eigenvalue weighted by atomic mass is 35.5. The monoisotopic (exact) mass is 365 g/mol. The number of nitro groups is 1. The van der Waals surface area contributed by atoms with Crippen LogP contribution in [0.15, 0.2) is 29.1 Å². The Labute approximate surface area is 148 Å². The third-order valence-corrected chi connectivity index (χ3v) is 4.09. The van der Waals surface area contributed by atoms with Gasteiger partial charge >= 0.3 is 0 Å². The van der Waals surface area contributed by atoms with Crippen molar-refractivity contribution >= 4 is 28.9 Å². The van der Waals surface area contributed by atoms with Crippen molar-refractivity contribution < 1.29 is 14.5 Å². The van der Waals surface area contributed by atoms with Gasteiger partial charge in [-0.05, 0) is 25.5 Å². The van der Waals surface area contributed by atoms with E-state index in [4.69, 9.17) is 16.3 Å². The summed E-state index contributed by atoms with van der Waals surface area (Å²) in [6.07, 6.45) is 0. The fourth-order valence-corrected chi connectivity index (χ4v) is 2.47. The van der Waals surface area contributed by atoms with E-state index in [1.807, 2.05) is 0 Å². The van der Waals surface area contributed by atoms with E-state index in [0.717, 1.165) is 22.3 Å². The van der Waals surface area contributed by atoms with Crippen molar-refractivity contribution in [3.05, 3.63) is 61.0 Å². The smallest absolute Gasteiger partial charge is 0.288 e. The van der Waals surface area contributed by atoms with Gasteiger partial charge in [0, 0.05) is 23.2 Å². The first-order valence-corrected chi connectivity index (χ1v) is 7.61. The molecule has 0 unspecified atom stereocenters. The number of anilines is 1. The molecule has 0 aliphatic heterocycles. The van der Waals surface area contributed by atoms with Gasteiger partial charge in [-0.3, -0.25) is 24.3 Å². The molecule has 1 aromatic carbocycles. The molecule has 1 aromatic heterocycles. The Kier molecular flexibility index (Phi) is 5.43. The van der Waals surface area contributed by atoms with Crippen molar-refractivity contribution in [2.75, 3.05) is 12.4 Å². The standard InChI is InChI=1S/C16H16ClN3O5/c1-9-6-12(14(25-3)7-11(9)17)18-15(21)8-19-10(2)13(20(23)24)4-5-16(19)22/h4-7H,8H2,1-3H3,(H,18,21). The number of carbonyl (C=O) groups is 1. The summed E-state index contributed by atoms with van der Waals surface area (Å²) in [5.74, 6) is -0.155. The first-order valence-electron chi connectivity index (χ1n) is 7.23. The van der Waals surface area contributed by atoms with Gasteiger partial charge in [0.15, 0.2) is 0 Å². The number of pyridine rings is 1. The highest BCUT2D eigenvalue weighted by Crippen LogP contribution is 2.30. The number of halogens is 1. The highest BCUT2D eigenvalue weighted by molar-refractivity contribution is 6.31. The van der Waals surface area contributed by atoms with Gasteiger partial charge in [0.1, 0.15) is 12.3 Å². The van der Waals surface area contributed by atoms with Crippen LogP contribution in [0.2, 0.25) is 5.02 Å². The topological polar surface area (TPSA) is 103 Å². The van der Waals surface area contributed by atoms with Crippen LogP contribution in [0.1, 0.15) is 11.3 Å². The maximum atomic E-state index is 12.3. The van der Waals surface area contributed by atoms with Gasteiger partial charge < -0.3 is 10.1 Å². The summed E-state index contributed by atoms with van der Waals surface area (Å²) in [7, 11) is 1.44. The summed E-state index contributed by atoms with van der Waals surface area (Å²) >= 11 is 6.02. The third kappa shape index (κ3) is 3.97. The summed E-state index contributed by atoms with van der Waals surface area (Å²) in [6.45, 7) is 2.82. The third-order valence-electron chi connectivity index (χ3n) is 3.68. The molecule has 2 aromatic rings. The lowest BCUT2D eigenvalue weighted by Crippen LogP contribution is -2.29. The molecule has 1 amide bonds. The maximum absolute atomic E-state index is 12.3. The summed E-state index contributed by atoms with van der Waals surface area (Å²) in [5, 5.41) is 14.1. The second-order valence-corrected chi connectivity index (χ2v) is 5.74. The molecule has 0 saturated heterocycles. The van der Waals surface area contributed by atoms with Crippen LogP contribution in [0.4, 0.5) is 11.4 Å². The quantitative estimate of drug-likeness (QED) is 0.648. The molecule has 0 aliphatic rings. The number of nitrogens with one attached hydrogen (secondary N) is 1. The summed E-state index contributed by atoms with van der Waals surface area (Å²) in [5.41, 5.74) is 0.503. The molecule has 1 N–H and O–H groups in total. The van der Waals surface area contributed by atoms with E-state index in [2.05, 4.69) is 5.32 Å². The van der Waals surface area contributed by atoms with Crippen LogP contribution < -0.4 is 15.6 Å². The van der Waals surface area contributed by atoms with Gasteiger partial charge in [-0.15, -0.1) is 0 Å². The van der Waals surface area contributed by atoms with E-state index in [1.54, 1.807) is 19.1 Å². The lowest BCUT2D eigenvalue weighted by atomic mass is 10.2. The van der Waals surface area contributed by atoms with Gasteiger partial charge in [0.2, 0.25) is 5.91 Å². The van der Waals surface area contributed by atoms with Gasteiger partial charge in [-0.25, -0.2) is 0 Å². The summed E-state index contributed by atoms with van der Waals surface area (Å²) in [6, 6.07) is 5.39. The second kappa shape index (κ2) is 7.35. The number of hydrogen-bond donors (Lipinski definition) is 1. The molecule has 0 aliphatic carbocycles. The predicted octanol–water partition coefficient (Wildman–Crippen LogP) is 2.67. The van der Waals surface area contributed by atoms with Crippen molar-refractivity contribution in [3.63, 3.8) is 0 Å². The largest absolute Gasteiger partial charge is 0.495 e. The van der Waals surface area contributed by atoms with E-state index in [9.17, 15) is 19.7 Å². The maximum Gasteiger partial charge on any atom is 0.288 e. The molecule has 9 heteroatoms. The SMILES string of the molecule is COc1cc(Cl)c(C)cc1NC(=O)Cn1c(C)c([N+](=O)[O-])ccc1=O. The Balaban J connectivity index is 2.30. The molecular weight excluding hydrogens is 350 g/mol. The molecule has 0 atom stereocenters. The van der Waals surface area contributed by atoms with Crippen LogP contribution in [0.5, 0.6) is 5.75 Å². The lowest BCUT2D eigenvalue weighted by Gasteiger charge is -2.14. The van der Waals surface area contributed by atoms with Crippen molar-refractivity contribution in [3.8, 4) is 5.75 Å². The predicted molar refractivity (Wildman–Crippen MR) is 93.5 cm³/mol. The van der Waals surface area contributed by atoms with Crippen LogP contribution >= 0.6 is 11.6 Å². The second-order valence-electron chi connectivity index (χ2n) is 5.34. The molecule has 0 spiro atoms. The normalized spacial score (nSPS) is 10.4. The molecule has 25 heavy (non-hydrogen) atoms. The highest BCUT2D eigenvalue weighted by Gasteiger charge is 2.17. The first-order chi connectivity index (χ1) is 11.7. The number of ether oxygens (including phenoxy) is 1. The Morgan fingerprint density at radius 2 is 2.04 bits per heavy atom. The van der Waals surface area contributed by atoms with Gasteiger partial charge in [0.25, 0.3) is 11.2 Å². The first kappa shape index (κ1) is 18.5. The fourth-order valence-electron chi connectivity index (χ4n) is 2.32. The van der Waals surface area contributed by atoms with E-state index in [1.165, 1.54) is 14.0 Å². The molecule has 132 valence electrons. The summed E-state index contributed by atoms with van der Waals surface area (Å²) < 4.78 is 6.22. The van der Waals surface area contributed by atoms with E-state index >= 15 is 0 Å². The molecule has 0 fully saturated rings. The van der Waals surface area contributed by atoms with Gasteiger partial charge in [-0.2, -0.15) is 0 Å². The molecule has 2 rings (SSSR count). The van der Waals surface area contributed by atoms with Crippen LogP contribution in [0, 0.1) is 24.0 Å². The van der Waals surface area contributed by atoms with Crippen LogP contribution in [-0.2, 0) is 11.3 Å². The Morgan fingerprint density at radius 1 is 1.36 bits per heavy atom. The summed E-state index contributed by atoms with van der Waals surface area (Å²) in [4.78, 5) is 34.6. The van der Waals surface area contributed by atoms with Crippen molar-refractivity contribution in [2.24, 2.45) is 0 Å². The van der Waals surface area contributed by atoms with Gasteiger partial charge in [0.05, 0.1) is 23.4 Å². The van der Waals surface area contributed by atoms with E-state index < -0.39 is 16.4 Å². The van der Waals surface area contributed by atoms with Gasteiger partial charge in [-0.1, -0.05) is 11.6 Å². The molecule has 1 heterocycles.